The van der Waals surface area contributed by atoms with Crippen molar-refractivity contribution in [3.63, 3.8) is 0 Å². The van der Waals surface area contributed by atoms with Crippen molar-refractivity contribution < 1.29 is 53.4 Å². The zero-order valence-electron chi connectivity index (χ0n) is 8.07. The minimum Gasteiger partial charge on any atom is -0.240 e. The van der Waals surface area contributed by atoms with E-state index in [2.05, 4.69) is 0 Å². The summed E-state index contributed by atoms with van der Waals surface area (Å²) < 4.78 is 128. The van der Waals surface area contributed by atoms with Crippen molar-refractivity contribution >= 4 is 0 Å². The van der Waals surface area contributed by atoms with E-state index in [1.54, 1.807) is 0 Å². The van der Waals surface area contributed by atoms with Gasteiger partial charge in [0, 0.05) is 0 Å². The summed E-state index contributed by atoms with van der Waals surface area (Å²) in [5, 5.41) is 8.25. The number of hydrogen-bond donors (Lipinski definition) is 0. The zero-order chi connectivity index (χ0) is 15.6. The lowest BCUT2D eigenvalue weighted by atomic mass is 10.0. The molecule has 1 nitrogen and oxygen atoms in total. The van der Waals surface area contributed by atoms with E-state index in [1.165, 1.54) is 0 Å². The van der Waals surface area contributed by atoms with E-state index in [0.717, 1.165) is 7.11 Å². The fourth-order valence-corrected chi connectivity index (χ4v) is 0.494. The van der Waals surface area contributed by atoms with Gasteiger partial charge in [0.15, 0.2) is 0 Å². The molecule has 0 aromatic heterocycles. The van der Waals surface area contributed by atoms with Gasteiger partial charge in [-0.3, -0.25) is 0 Å². The molecule has 2 radical (unpaired) electrons. The van der Waals surface area contributed by atoms with Gasteiger partial charge in [0.1, 0.15) is 0 Å². The van der Waals surface area contributed by atoms with E-state index in [0.29, 0.717) is 0 Å². The zero-order valence-corrected chi connectivity index (χ0v) is 8.07. The van der Waals surface area contributed by atoms with Crippen molar-refractivity contribution in [2.75, 3.05) is 7.11 Å². The van der Waals surface area contributed by atoms with Gasteiger partial charge in [-0.25, -0.2) is 5.11 Å². The lowest BCUT2D eigenvalue weighted by Gasteiger charge is -2.32. The van der Waals surface area contributed by atoms with E-state index in [9.17, 15) is 48.3 Å². The van der Waals surface area contributed by atoms with Crippen LogP contribution in [0.25, 0.3) is 0 Å². The van der Waals surface area contributed by atoms with Crippen LogP contribution in [0.2, 0.25) is 0 Å². The Labute approximate surface area is 92.2 Å². The molecular formula is C6H3F11O. The predicted molar refractivity (Wildman–Crippen MR) is 33.0 cm³/mol. The van der Waals surface area contributed by atoms with Crippen LogP contribution in [0, 0.1) is 6.43 Å². The summed E-state index contributed by atoms with van der Waals surface area (Å²) >= 11 is 0. The highest BCUT2D eigenvalue weighted by molar-refractivity contribution is 5.06. The Morgan fingerprint density at radius 2 is 0.944 bits per heavy atom. The highest BCUT2D eigenvalue weighted by atomic mass is 19.4. The lowest BCUT2D eigenvalue weighted by molar-refractivity contribution is -0.399. The fourth-order valence-electron chi connectivity index (χ4n) is 0.494. The number of alkyl halides is 9. The number of halogens is 11. The van der Waals surface area contributed by atoms with Gasteiger partial charge in [-0.15, -0.1) is 0 Å². The molecule has 0 spiro atoms. The fraction of sp³-hybridized carbons (Fsp3) is 0.833. The molecule has 0 rings (SSSR count). The van der Waals surface area contributed by atoms with Crippen molar-refractivity contribution in [3.05, 3.63) is 6.43 Å². The Morgan fingerprint density at radius 3 is 1.11 bits per heavy atom. The van der Waals surface area contributed by atoms with Crippen molar-refractivity contribution in [2.45, 2.75) is 23.9 Å². The summed E-state index contributed by atoms with van der Waals surface area (Å²) in [4.78, 5) is 0. The molecule has 0 saturated heterocycles. The molecule has 0 heterocycles. The predicted octanol–water partition coefficient (Wildman–Crippen LogP) is 3.93. The molecular weight excluding hydrogens is 297 g/mol. The molecule has 0 unspecified atom stereocenters. The molecule has 0 aliphatic carbocycles. The lowest BCUT2D eigenvalue weighted by Crippen LogP contribution is -2.61. The normalized spacial score (nSPS) is 14.3. The summed E-state index contributed by atoms with van der Waals surface area (Å²) in [5.41, 5.74) is 0. The van der Waals surface area contributed by atoms with Crippen molar-refractivity contribution in [1.29, 1.82) is 0 Å². The van der Waals surface area contributed by atoms with Crippen LogP contribution in [0.5, 0.6) is 0 Å². The van der Waals surface area contributed by atoms with Gasteiger partial charge < -0.3 is 0 Å². The molecule has 0 aromatic carbocycles. The molecule has 110 valence electrons. The van der Waals surface area contributed by atoms with Crippen LogP contribution in [0.1, 0.15) is 0 Å². The molecule has 0 atom stereocenters. The van der Waals surface area contributed by atoms with E-state index in [1.807, 2.05) is 0 Å². The minimum absolute atomic E-state index is 0.750. The molecule has 18 heavy (non-hydrogen) atoms. The Hall–Kier alpha value is -0.810. The molecule has 0 saturated carbocycles. The largest absolute Gasteiger partial charge is 0.460 e. The third-order valence-electron chi connectivity index (χ3n) is 1.38. The third-order valence-corrected chi connectivity index (χ3v) is 1.38. The first kappa shape index (κ1) is 19.5. The number of hydrogen-bond acceptors (Lipinski definition) is 0. The maximum atomic E-state index is 12.0. The maximum Gasteiger partial charge on any atom is 0.460 e. The summed E-state index contributed by atoms with van der Waals surface area (Å²) in [7, 11) is 0.750. The molecule has 0 aliphatic heterocycles. The van der Waals surface area contributed by atoms with Gasteiger partial charge in [-0.1, -0.05) is 0 Å². The molecule has 0 bridgehead atoms. The first-order valence-electron chi connectivity index (χ1n) is 3.49. The molecule has 12 heteroatoms. The van der Waals surface area contributed by atoms with E-state index >= 15 is 0 Å². The monoisotopic (exact) mass is 300 g/mol. The Balaban J connectivity index is 0. The standard InChI is InChI=1S/C5F11.CH3O/c6-1(7)2(8,9)3(10,11)4(12,13)5(14,15)16;1-2/h;1H3. The van der Waals surface area contributed by atoms with Crippen LogP contribution in [-0.4, -0.2) is 31.1 Å². The van der Waals surface area contributed by atoms with Gasteiger partial charge >= 0.3 is 30.4 Å². The first-order valence-corrected chi connectivity index (χ1v) is 3.49. The van der Waals surface area contributed by atoms with Crippen LogP contribution >= 0.6 is 0 Å². The summed E-state index contributed by atoms with van der Waals surface area (Å²) in [6.07, 6.45) is -11.6. The second kappa shape index (κ2) is 5.45. The van der Waals surface area contributed by atoms with Crippen LogP contribution < -0.4 is 0 Å². The van der Waals surface area contributed by atoms with Gasteiger partial charge in [0.05, 0.1) is 7.11 Å². The smallest absolute Gasteiger partial charge is 0.240 e. The average Bonchev–Trinajstić information content (AvgIpc) is 2.18. The van der Waals surface area contributed by atoms with Crippen LogP contribution in [0.15, 0.2) is 0 Å². The van der Waals surface area contributed by atoms with Crippen LogP contribution in [0.4, 0.5) is 48.3 Å². The minimum atomic E-state index is -7.28. The van der Waals surface area contributed by atoms with Gasteiger partial charge in [-0.2, -0.15) is 48.3 Å². The maximum absolute atomic E-state index is 12.0. The highest BCUT2D eigenvalue weighted by Gasteiger charge is 2.84. The summed E-state index contributed by atoms with van der Waals surface area (Å²) in [6, 6.07) is 0. The summed E-state index contributed by atoms with van der Waals surface area (Å²) in [5.74, 6) is -21.4. The molecule has 0 aliphatic rings. The van der Waals surface area contributed by atoms with Crippen molar-refractivity contribution in [1.82, 2.24) is 0 Å². The van der Waals surface area contributed by atoms with E-state index in [-0.39, 0.29) is 0 Å². The molecule has 0 N–H and O–H groups in total. The molecule has 0 fully saturated rings. The third kappa shape index (κ3) is 2.95. The number of rotatable bonds is 3. The first-order chi connectivity index (χ1) is 7.69. The molecule has 0 aromatic rings. The van der Waals surface area contributed by atoms with Gasteiger partial charge in [0.2, 0.25) is 0 Å². The Bertz CT molecular complexity index is 255. The Kier molecular flexibility index (Phi) is 5.91. The quantitative estimate of drug-likeness (QED) is 0.704. The SMILES string of the molecule is C[O].F[C](F)C(F)(F)C(F)(F)C(F)(F)C(F)(F)F. The average molecular weight is 300 g/mol. The molecule has 0 amide bonds. The topological polar surface area (TPSA) is 19.9 Å². The van der Waals surface area contributed by atoms with Crippen molar-refractivity contribution in [3.8, 4) is 0 Å². The van der Waals surface area contributed by atoms with Gasteiger partial charge in [-0.05, 0) is 0 Å². The second-order valence-corrected chi connectivity index (χ2v) is 2.48. The Morgan fingerprint density at radius 1 is 0.667 bits per heavy atom. The van der Waals surface area contributed by atoms with Crippen molar-refractivity contribution in [2.24, 2.45) is 0 Å². The van der Waals surface area contributed by atoms with E-state index < -0.39 is 30.4 Å². The second-order valence-electron chi connectivity index (χ2n) is 2.48. The van der Waals surface area contributed by atoms with E-state index in [4.69, 9.17) is 5.11 Å². The summed E-state index contributed by atoms with van der Waals surface area (Å²) in [6.45, 7) is 0. The van der Waals surface area contributed by atoms with Crippen LogP contribution in [-0.2, 0) is 5.11 Å². The highest BCUT2D eigenvalue weighted by Crippen LogP contribution is 2.56. The van der Waals surface area contributed by atoms with Crippen LogP contribution in [0.3, 0.4) is 0 Å². The van der Waals surface area contributed by atoms with Gasteiger partial charge in [0.25, 0.3) is 0 Å².